The third-order valence-electron chi connectivity index (χ3n) is 6.02. The van der Waals surface area contributed by atoms with Crippen LogP contribution in [0.15, 0.2) is 42.9 Å². The number of H-pyrrole nitrogens is 1. The SMILES string of the molecule is COc1cc(N2CCN(C(=O)Cn3nc(-c4ncc[nH]4)c4cccnc43)[C@@H](C)C2)c(F)cc1Cl. The van der Waals surface area contributed by atoms with Crippen molar-refractivity contribution in [3.63, 3.8) is 0 Å². The van der Waals surface area contributed by atoms with E-state index in [1.165, 1.54) is 13.2 Å². The predicted molar refractivity (Wildman–Crippen MR) is 126 cm³/mol. The third kappa shape index (κ3) is 3.94. The molecule has 1 aliphatic heterocycles. The van der Waals surface area contributed by atoms with E-state index in [9.17, 15) is 9.18 Å². The molecule has 0 bridgehead atoms. The molecule has 4 aromatic rings. The highest BCUT2D eigenvalue weighted by Crippen LogP contribution is 2.33. The van der Waals surface area contributed by atoms with Gasteiger partial charge < -0.3 is 19.5 Å². The number of methoxy groups -OCH3 is 1. The van der Waals surface area contributed by atoms with Crippen molar-refractivity contribution in [3.05, 3.63) is 53.7 Å². The molecule has 1 aromatic carbocycles. The minimum atomic E-state index is -0.419. The van der Waals surface area contributed by atoms with Gasteiger partial charge in [-0.3, -0.25) is 4.79 Å². The van der Waals surface area contributed by atoms with Gasteiger partial charge in [0.1, 0.15) is 23.8 Å². The lowest BCUT2D eigenvalue weighted by Crippen LogP contribution is -2.55. The highest BCUT2D eigenvalue weighted by molar-refractivity contribution is 6.32. The number of benzene rings is 1. The van der Waals surface area contributed by atoms with Crippen LogP contribution in [0.25, 0.3) is 22.6 Å². The van der Waals surface area contributed by atoms with Gasteiger partial charge in [-0.2, -0.15) is 5.10 Å². The number of aromatic nitrogens is 5. The van der Waals surface area contributed by atoms with Crippen molar-refractivity contribution in [2.45, 2.75) is 19.5 Å². The molecular formula is C23H23ClFN7O2. The normalized spacial score (nSPS) is 16.3. The molecule has 0 unspecified atom stereocenters. The molecule has 11 heteroatoms. The Labute approximate surface area is 200 Å². The molecule has 176 valence electrons. The molecular weight excluding hydrogens is 461 g/mol. The summed E-state index contributed by atoms with van der Waals surface area (Å²) in [6.45, 7) is 3.39. The molecule has 3 aromatic heterocycles. The van der Waals surface area contributed by atoms with Gasteiger partial charge in [0.15, 0.2) is 11.5 Å². The molecule has 1 atom stereocenters. The fourth-order valence-corrected chi connectivity index (χ4v) is 4.60. The van der Waals surface area contributed by atoms with E-state index in [1.807, 2.05) is 24.0 Å². The van der Waals surface area contributed by atoms with Gasteiger partial charge in [0.25, 0.3) is 0 Å². The van der Waals surface area contributed by atoms with Crippen LogP contribution in [-0.2, 0) is 11.3 Å². The highest BCUT2D eigenvalue weighted by atomic mass is 35.5. The number of aromatic amines is 1. The average molecular weight is 484 g/mol. The second kappa shape index (κ2) is 8.94. The molecule has 0 spiro atoms. The molecule has 4 heterocycles. The fraction of sp³-hybridized carbons (Fsp3) is 0.304. The minimum absolute atomic E-state index is 0.0433. The summed E-state index contributed by atoms with van der Waals surface area (Å²) in [5.41, 5.74) is 1.67. The molecule has 0 radical (unpaired) electrons. The minimum Gasteiger partial charge on any atom is -0.495 e. The first-order chi connectivity index (χ1) is 16.5. The summed E-state index contributed by atoms with van der Waals surface area (Å²) >= 11 is 6.03. The number of carbonyl (C=O) groups is 1. The zero-order valence-corrected chi connectivity index (χ0v) is 19.5. The molecule has 5 rings (SSSR count). The Balaban J connectivity index is 1.34. The maximum absolute atomic E-state index is 14.6. The number of nitrogens with one attached hydrogen (secondary N) is 1. The topological polar surface area (TPSA) is 92.2 Å². The van der Waals surface area contributed by atoms with E-state index in [4.69, 9.17) is 16.3 Å². The summed E-state index contributed by atoms with van der Waals surface area (Å²) in [5, 5.41) is 5.66. The van der Waals surface area contributed by atoms with Crippen molar-refractivity contribution in [1.29, 1.82) is 0 Å². The molecule has 1 saturated heterocycles. The van der Waals surface area contributed by atoms with E-state index < -0.39 is 5.82 Å². The van der Waals surface area contributed by atoms with Gasteiger partial charge in [0, 0.05) is 50.3 Å². The van der Waals surface area contributed by atoms with Gasteiger partial charge in [-0.1, -0.05) is 11.6 Å². The van der Waals surface area contributed by atoms with Crippen LogP contribution < -0.4 is 9.64 Å². The Morgan fingerprint density at radius 3 is 2.88 bits per heavy atom. The molecule has 1 fully saturated rings. The van der Waals surface area contributed by atoms with E-state index in [0.717, 1.165) is 5.39 Å². The summed E-state index contributed by atoms with van der Waals surface area (Å²) in [6.07, 6.45) is 5.05. The lowest BCUT2D eigenvalue weighted by molar-refractivity contribution is -0.134. The number of ether oxygens (including phenoxy) is 1. The first kappa shape index (κ1) is 22.1. The molecule has 0 saturated carbocycles. The van der Waals surface area contributed by atoms with Crippen molar-refractivity contribution in [3.8, 4) is 17.3 Å². The number of hydrogen-bond acceptors (Lipinski definition) is 6. The van der Waals surface area contributed by atoms with E-state index >= 15 is 0 Å². The van der Waals surface area contributed by atoms with Crippen LogP contribution >= 0.6 is 11.6 Å². The molecule has 34 heavy (non-hydrogen) atoms. The van der Waals surface area contributed by atoms with E-state index in [-0.39, 0.29) is 23.5 Å². The van der Waals surface area contributed by atoms with Crippen LogP contribution in [0, 0.1) is 5.82 Å². The maximum atomic E-state index is 14.6. The predicted octanol–water partition coefficient (Wildman–Crippen LogP) is 3.36. The second-order valence-corrected chi connectivity index (χ2v) is 8.55. The van der Waals surface area contributed by atoms with E-state index in [0.29, 0.717) is 48.2 Å². The quantitative estimate of drug-likeness (QED) is 0.468. The van der Waals surface area contributed by atoms with Crippen molar-refractivity contribution in [2.75, 3.05) is 31.6 Å². The number of amides is 1. The molecule has 1 aliphatic rings. The number of anilines is 1. The zero-order chi connectivity index (χ0) is 23.8. The van der Waals surface area contributed by atoms with Crippen LogP contribution in [0.3, 0.4) is 0 Å². The number of carbonyl (C=O) groups excluding carboxylic acids is 1. The van der Waals surface area contributed by atoms with Crippen LogP contribution in [0.1, 0.15) is 6.92 Å². The number of pyridine rings is 1. The van der Waals surface area contributed by atoms with Crippen molar-refractivity contribution in [1.82, 2.24) is 29.6 Å². The molecule has 1 N–H and O–H groups in total. The van der Waals surface area contributed by atoms with Crippen LogP contribution in [0.5, 0.6) is 5.75 Å². The largest absolute Gasteiger partial charge is 0.495 e. The number of fused-ring (bicyclic) bond motifs is 1. The summed E-state index contributed by atoms with van der Waals surface area (Å²) in [7, 11) is 1.49. The van der Waals surface area contributed by atoms with Gasteiger partial charge >= 0.3 is 0 Å². The van der Waals surface area contributed by atoms with Crippen molar-refractivity contribution >= 4 is 34.2 Å². The number of rotatable bonds is 5. The number of hydrogen-bond donors (Lipinski definition) is 1. The monoisotopic (exact) mass is 483 g/mol. The summed E-state index contributed by atoms with van der Waals surface area (Å²) in [5.74, 6) is 0.529. The van der Waals surface area contributed by atoms with Gasteiger partial charge in [0.05, 0.1) is 23.2 Å². The van der Waals surface area contributed by atoms with Crippen LogP contribution in [-0.4, -0.2) is 68.3 Å². The smallest absolute Gasteiger partial charge is 0.244 e. The number of nitrogens with zero attached hydrogens (tertiary/aromatic N) is 6. The highest BCUT2D eigenvalue weighted by Gasteiger charge is 2.30. The van der Waals surface area contributed by atoms with Gasteiger partial charge in [-0.05, 0) is 25.1 Å². The van der Waals surface area contributed by atoms with Gasteiger partial charge in [0.2, 0.25) is 5.91 Å². The number of piperazine rings is 1. The molecule has 9 nitrogen and oxygen atoms in total. The summed E-state index contributed by atoms with van der Waals surface area (Å²) in [4.78, 5) is 28.7. The van der Waals surface area contributed by atoms with E-state index in [1.54, 1.807) is 34.2 Å². The van der Waals surface area contributed by atoms with Crippen LogP contribution in [0.2, 0.25) is 5.02 Å². The standard InChI is InChI=1S/C23H23ClFN7O2/c1-14-12-30(18-11-19(34-2)16(24)10-17(18)25)8-9-31(14)20(33)13-32-23-15(4-3-5-28-23)21(29-32)22-26-6-7-27-22/h3-7,10-11,14H,8-9,12-13H2,1-2H3,(H,26,27)/t14-/m0/s1. The molecule has 1 amide bonds. The van der Waals surface area contributed by atoms with Gasteiger partial charge in [-0.25, -0.2) is 19.0 Å². The Hall–Kier alpha value is -3.66. The Morgan fingerprint density at radius 2 is 2.15 bits per heavy atom. The summed E-state index contributed by atoms with van der Waals surface area (Å²) in [6, 6.07) is 6.45. The first-order valence-corrected chi connectivity index (χ1v) is 11.2. The first-order valence-electron chi connectivity index (χ1n) is 10.8. The van der Waals surface area contributed by atoms with Gasteiger partial charge in [-0.15, -0.1) is 0 Å². The van der Waals surface area contributed by atoms with E-state index in [2.05, 4.69) is 20.1 Å². The lowest BCUT2D eigenvalue weighted by atomic mass is 10.1. The Kier molecular flexibility index (Phi) is 5.82. The Morgan fingerprint density at radius 1 is 1.29 bits per heavy atom. The maximum Gasteiger partial charge on any atom is 0.244 e. The molecule has 0 aliphatic carbocycles. The number of halogens is 2. The average Bonchev–Trinajstić information content (AvgIpc) is 3.48. The third-order valence-corrected chi connectivity index (χ3v) is 6.32. The number of imidazole rings is 1. The van der Waals surface area contributed by atoms with Crippen molar-refractivity contribution in [2.24, 2.45) is 0 Å². The zero-order valence-electron chi connectivity index (χ0n) is 18.7. The van der Waals surface area contributed by atoms with Crippen LogP contribution in [0.4, 0.5) is 10.1 Å². The summed E-state index contributed by atoms with van der Waals surface area (Å²) < 4.78 is 21.4. The lowest BCUT2D eigenvalue weighted by Gasteiger charge is -2.41. The fourth-order valence-electron chi connectivity index (χ4n) is 4.37. The van der Waals surface area contributed by atoms with Crippen molar-refractivity contribution < 1.29 is 13.9 Å². The second-order valence-electron chi connectivity index (χ2n) is 8.14. The Bertz CT molecular complexity index is 1340.